The molecule has 16 heavy (non-hydrogen) atoms. The standard InChI is InChI=1S/C12H13BrN2O/c1-8-2-3-9-10(6-8)11(13)7-15-12(9)14-4-5-16/h2-3,6-7,16H,4-5H2,1H3,(H,14,15). The predicted octanol–water partition coefficient (Wildman–Crippen LogP) is 2.71. The van der Waals surface area contributed by atoms with Crippen LogP contribution in [-0.4, -0.2) is 23.2 Å². The average Bonchev–Trinajstić information content (AvgIpc) is 2.29. The molecule has 1 heterocycles. The highest BCUT2D eigenvalue weighted by Gasteiger charge is 2.05. The van der Waals surface area contributed by atoms with Gasteiger partial charge in [-0.2, -0.15) is 0 Å². The van der Waals surface area contributed by atoms with Crippen LogP contribution in [0.1, 0.15) is 5.56 Å². The van der Waals surface area contributed by atoms with Crippen molar-refractivity contribution in [2.24, 2.45) is 0 Å². The Morgan fingerprint density at radius 1 is 1.38 bits per heavy atom. The Morgan fingerprint density at radius 3 is 2.94 bits per heavy atom. The zero-order valence-electron chi connectivity index (χ0n) is 9.00. The quantitative estimate of drug-likeness (QED) is 0.909. The van der Waals surface area contributed by atoms with Gasteiger partial charge in [-0.3, -0.25) is 0 Å². The molecule has 0 bridgehead atoms. The minimum atomic E-state index is 0.102. The molecule has 2 rings (SSSR count). The van der Waals surface area contributed by atoms with Crippen LogP contribution in [0.15, 0.2) is 28.9 Å². The van der Waals surface area contributed by atoms with Crippen molar-refractivity contribution >= 4 is 32.5 Å². The van der Waals surface area contributed by atoms with Crippen LogP contribution in [0.2, 0.25) is 0 Å². The number of aryl methyl sites for hydroxylation is 1. The number of aliphatic hydroxyl groups is 1. The first-order valence-electron chi connectivity index (χ1n) is 5.12. The summed E-state index contributed by atoms with van der Waals surface area (Å²) in [6.07, 6.45) is 1.78. The van der Waals surface area contributed by atoms with Gasteiger partial charge in [-0.15, -0.1) is 0 Å². The van der Waals surface area contributed by atoms with E-state index in [1.165, 1.54) is 5.56 Å². The van der Waals surface area contributed by atoms with Crippen LogP contribution in [0.25, 0.3) is 10.8 Å². The largest absolute Gasteiger partial charge is 0.395 e. The normalized spacial score (nSPS) is 10.7. The molecule has 0 unspecified atom stereocenters. The number of halogens is 1. The van der Waals surface area contributed by atoms with Crippen LogP contribution in [0.5, 0.6) is 0 Å². The van der Waals surface area contributed by atoms with E-state index in [9.17, 15) is 0 Å². The minimum absolute atomic E-state index is 0.102. The van der Waals surface area contributed by atoms with Crippen LogP contribution in [0.3, 0.4) is 0 Å². The smallest absolute Gasteiger partial charge is 0.133 e. The van der Waals surface area contributed by atoms with Gasteiger partial charge in [0.25, 0.3) is 0 Å². The van der Waals surface area contributed by atoms with Crippen molar-refractivity contribution in [3.8, 4) is 0 Å². The van der Waals surface area contributed by atoms with Gasteiger partial charge in [0, 0.05) is 28.0 Å². The van der Waals surface area contributed by atoms with Gasteiger partial charge >= 0.3 is 0 Å². The van der Waals surface area contributed by atoms with E-state index in [1.54, 1.807) is 6.20 Å². The molecule has 0 spiro atoms. The lowest BCUT2D eigenvalue weighted by Gasteiger charge is -2.09. The summed E-state index contributed by atoms with van der Waals surface area (Å²) in [5, 5.41) is 14.1. The molecule has 0 aliphatic heterocycles. The molecule has 2 N–H and O–H groups in total. The molecule has 1 aromatic carbocycles. The van der Waals surface area contributed by atoms with Crippen molar-refractivity contribution in [3.05, 3.63) is 34.4 Å². The Morgan fingerprint density at radius 2 is 2.19 bits per heavy atom. The fourth-order valence-electron chi connectivity index (χ4n) is 1.64. The number of nitrogens with one attached hydrogen (secondary N) is 1. The molecular formula is C12H13BrN2O. The van der Waals surface area contributed by atoms with Crippen LogP contribution in [-0.2, 0) is 0 Å². The lowest BCUT2D eigenvalue weighted by Crippen LogP contribution is -2.07. The molecule has 4 heteroatoms. The Balaban J connectivity index is 2.55. The second-order valence-electron chi connectivity index (χ2n) is 3.65. The number of pyridine rings is 1. The van der Waals surface area contributed by atoms with E-state index in [1.807, 2.05) is 6.07 Å². The summed E-state index contributed by atoms with van der Waals surface area (Å²) in [5.74, 6) is 0.812. The highest BCUT2D eigenvalue weighted by atomic mass is 79.9. The van der Waals surface area contributed by atoms with E-state index in [0.717, 1.165) is 21.1 Å². The van der Waals surface area contributed by atoms with Gasteiger partial charge in [-0.05, 0) is 22.9 Å². The Hall–Kier alpha value is -1.13. The number of benzene rings is 1. The Bertz CT molecular complexity index is 514. The van der Waals surface area contributed by atoms with Crippen LogP contribution in [0.4, 0.5) is 5.82 Å². The number of aromatic nitrogens is 1. The number of anilines is 1. The van der Waals surface area contributed by atoms with Crippen molar-refractivity contribution in [3.63, 3.8) is 0 Å². The van der Waals surface area contributed by atoms with Crippen molar-refractivity contribution in [1.29, 1.82) is 0 Å². The molecule has 0 saturated carbocycles. The SMILES string of the molecule is Cc1ccc2c(NCCO)ncc(Br)c2c1. The minimum Gasteiger partial charge on any atom is -0.395 e. The molecular weight excluding hydrogens is 268 g/mol. The molecule has 0 fully saturated rings. The molecule has 0 radical (unpaired) electrons. The maximum absolute atomic E-state index is 8.80. The first kappa shape index (κ1) is 11.4. The molecule has 2 aromatic rings. The fraction of sp³-hybridized carbons (Fsp3) is 0.250. The zero-order valence-corrected chi connectivity index (χ0v) is 10.6. The topological polar surface area (TPSA) is 45.1 Å². The van der Waals surface area contributed by atoms with E-state index in [0.29, 0.717) is 6.54 Å². The van der Waals surface area contributed by atoms with Crippen LogP contribution in [0, 0.1) is 6.92 Å². The summed E-state index contributed by atoms with van der Waals surface area (Å²) in [6, 6.07) is 6.22. The number of fused-ring (bicyclic) bond motifs is 1. The molecule has 84 valence electrons. The van der Waals surface area contributed by atoms with E-state index >= 15 is 0 Å². The van der Waals surface area contributed by atoms with Crippen molar-refractivity contribution in [2.45, 2.75) is 6.92 Å². The first-order valence-corrected chi connectivity index (χ1v) is 5.91. The van der Waals surface area contributed by atoms with Gasteiger partial charge in [-0.25, -0.2) is 4.98 Å². The first-order chi connectivity index (χ1) is 7.72. The number of hydrogen-bond acceptors (Lipinski definition) is 3. The number of nitrogens with zero attached hydrogens (tertiary/aromatic N) is 1. The zero-order chi connectivity index (χ0) is 11.5. The number of rotatable bonds is 3. The molecule has 1 aromatic heterocycles. The summed E-state index contributed by atoms with van der Waals surface area (Å²) < 4.78 is 0.987. The third kappa shape index (κ3) is 2.18. The highest BCUT2D eigenvalue weighted by molar-refractivity contribution is 9.10. The molecule has 3 nitrogen and oxygen atoms in total. The van der Waals surface area contributed by atoms with Gasteiger partial charge in [0.05, 0.1) is 6.61 Å². The van der Waals surface area contributed by atoms with Gasteiger partial charge < -0.3 is 10.4 Å². The molecule has 0 atom stereocenters. The second-order valence-corrected chi connectivity index (χ2v) is 4.51. The van der Waals surface area contributed by atoms with Gasteiger partial charge in [0.15, 0.2) is 0 Å². The monoisotopic (exact) mass is 280 g/mol. The summed E-state index contributed by atoms with van der Waals surface area (Å²) in [5.41, 5.74) is 1.22. The molecule has 0 aliphatic carbocycles. The van der Waals surface area contributed by atoms with E-state index in [4.69, 9.17) is 5.11 Å². The third-order valence-corrected chi connectivity index (χ3v) is 3.03. The van der Waals surface area contributed by atoms with E-state index in [2.05, 4.69) is 45.3 Å². The predicted molar refractivity (Wildman–Crippen MR) is 69.8 cm³/mol. The van der Waals surface area contributed by atoms with E-state index in [-0.39, 0.29) is 6.61 Å². The maximum atomic E-state index is 8.80. The Labute approximate surface area is 103 Å². The lowest BCUT2D eigenvalue weighted by atomic mass is 10.1. The van der Waals surface area contributed by atoms with Gasteiger partial charge in [-0.1, -0.05) is 23.8 Å². The maximum Gasteiger partial charge on any atom is 0.133 e. The second kappa shape index (κ2) is 4.80. The number of hydrogen-bond donors (Lipinski definition) is 2. The van der Waals surface area contributed by atoms with Crippen molar-refractivity contribution in [1.82, 2.24) is 4.98 Å². The molecule has 0 saturated heterocycles. The van der Waals surface area contributed by atoms with Crippen molar-refractivity contribution < 1.29 is 5.11 Å². The highest BCUT2D eigenvalue weighted by Crippen LogP contribution is 2.28. The average molecular weight is 281 g/mol. The lowest BCUT2D eigenvalue weighted by molar-refractivity contribution is 0.311. The third-order valence-electron chi connectivity index (χ3n) is 2.40. The molecule has 0 amide bonds. The van der Waals surface area contributed by atoms with Gasteiger partial charge in [0.1, 0.15) is 5.82 Å². The van der Waals surface area contributed by atoms with E-state index < -0.39 is 0 Å². The molecule has 0 aliphatic rings. The Kier molecular flexibility index (Phi) is 3.41. The number of aliphatic hydroxyl groups excluding tert-OH is 1. The van der Waals surface area contributed by atoms with Crippen LogP contribution < -0.4 is 5.32 Å². The van der Waals surface area contributed by atoms with Gasteiger partial charge in [0.2, 0.25) is 0 Å². The summed E-state index contributed by atoms with van der Waals surface area (Å²) in [4.78, 5) is 4.30. The summed E-state index contributed by atoms with van der Waals surface area (Å²) in [6.45, 7) is 2.68. The van der Waals surface area contributed by atoms with Crippen LogP contribution >= 0.6 is 15.9 Å². The van der Waals surface area contributed by atoms with Crippen molar-refractivity contribution in [2.75, 3.05) is 18.5 Å². The summed E-state index contributed by atoms with van der Waals surface area (Å²) in [7, 11) is 0. The fourth-order valence-corrected chi connectivity index (χ4v) is 2.07. The summed E-state index contributed by atoms with van der Waals surface area (Å²) >= 11 is 3.49.